The monoisotopic (exact) mass is 276 g/mol. The van der Waals surface area contributed by atoms with Gasteiger partial charge < -0.3 is 20.1 Å². The molecule has 1 amide bonds. The van der Waals surface area contributed by atoms with Crippen molar-refractivity contribution in [3.63, 3.8) is 0 Å². The zero-order chi connectivity index (χ0) is 15.0. The summed E-state index contributed by atoms with van der Waals surface area (Å²) in [5.74, 6) is 1.01. The minimum absolute atomic E-state index is 0.245. The molecule has 20 heavy (non-hydrogen) atoms. The van der Waals surface area contributed by atoms with Crippen molar-refractivity contribution in [3.8, 4) is 11.5 Å². The van der Waals surface area contributed by atoms with E-state index in [1.807, 2.05) is 19.1 Å². The largest absolute Gasteiger partial charge is 0.493 e. The van der Waals surface area contributed by atoms with E-state index in [-0.39, 0.29) is 5.91 Å². The van der Waals surface area contributed by atoms with Crippen molar-refractivity contribution in [2.75, 3.05) is 20.8 Å². The van der Waals surface area contributed by atoms with Crippen LogP contribution in [-0.4, -0.2) is 26.7 Å². The molecule has 0 radical (unpaired) electrons. The highest BCUT2D eigenvalue weighted by Gasteiger charge is 2.09. The quantitative estimate of drug-likeness (QED) is 0.747. The number of hydrogen-bond donors (Lipinski definition) is 2. The Hall–Kier alpha value is -2.43. The van der Waals surface area contributed by atoms with Crippen molar-refractivity contribution >= 4 is 11.6 Å². The van der Waals surface area contributed by atoms with Crippen LogP contribution in [0.25, 0.3) is 5.70 Å². The number of amides is 1. The van der Waals surface area contributed by atoms with E-state index in [0.717, 1.165) is 5.56 Å². The van der Waals surface area contributed by atoms with Crippen LogP contribution in [0.1, 0.15) is 12.5 Å². The van der Waals surface area contributed by atoms with Gasteiger partial charge in [0.2, 0.25) is 5.91 Å². The maximum Gasteiger partial charge on any atom is 0.249 e. The summed E-state index contributed by atoms with van der Waals surface area (Å²) >= 11 is 0. The summed E-state index contributed by atoms with van der Waals surface area (Å²) in [6.07, 6.45) is 2.82. The SMILES string of the molecule is C=CNC(=O)/C=C(\NCC)c1ccc(OC)c(OC)c1. The standard InChI is InChI=1S/C15H20N2O3/c1-5-16-12(10-15(18)17-6-2)11-7-8-13(19-3)14(9-11)20-4/h6-10,16H,2,5H2,1,3-4H3,(H,17,18)/b12-10-. The molecule has 0 saturated carbocycles. The van der Waals surface area contributed by atoms with Gasteiger partial charge in [0, 0.05) is 23.9 Å². The van der Waals surface area contributed by atoms with Gasteiger partial charge in [-0.2, -0.15) is 0 Å². The number of ether oxygens (including phenoxy) is 2. The first-order valence-electron chi connectivity index (χ1n) is 6.25. The number of methoxy groups -OCH3 is 2. The van der Waals surface area contributed by atoms with E-state index in [1.54, 1.807) is 20.3 Å². The van der Waals surface area contributed by atoms with Gasteiger partial charge in [-0.25, -0.2) is 0 Å². The maximum atomic E-state index is 11.6. The lowest BCUT2D eigenvalue weighted by molar-refractivity contribution is -0.115. The molecule has 0 heterocycles. The zero-order valence-electron chi connectivity index (χ0n) is 12.0. The molecular weight excluding hydrogens is 256 g/mol. The first kappa shape index (κ1) is 15.6. The lowest BCUT2D eigenvalue weighted by Crippen LogP contribution is -2.18. The first-order chi connectivity index (χ1) is 9.65. The van der Waals surface area contributed by atoms with E-state index in [0.29, 0.717) is 23.7 Å². The molecule has 2 N–H and O–H groups in total. The molecule has 0 fully saturated rings. The first-order valence-corrected chi connectivity index (χ1v) is 6.25. The van der Waals surface area contributed by atoms with Gasteiger partial charge in [0.1, 0.15) is 0 Å². The van der Waals surface area contributed by atoms with Crippen molar-refractivity contribution in [3.05, 3.63) is 42.6 Å². The molecule has 0 atom stereocenters. The summed E-state index contributed by atoms with van der Waals surface area (Å²) in [7, 11) is 3.15. The molecule has 0 aromatic heterocycles. The Balaban J connectivity index is 3.14. The lowest BCUT2D eigenvalue weighted by atomic mass is 10.1. The number of benzene rings is 1. The van der Waals surface area contributed by atoms with Crippen LogP contribution in [0.2, 0.25) is 0 Å². The molecular formula is C15H20N2O3. The molecule has 5 heteroatoms. The van der Waals surface area contributed by atoms with Crippen LogP contribution < -0.4 is 20.1 Å². The summed E-state index contributed by atoms with van der Waals surface area (Å²) in [5.41, 5.74) is 1.54. The summed E-state index contributed by atoms with van der Waals surface area (Å²) in [4.78, 5) is 11.6. The van der Waals surface area contributed by atoms with E-state index in [4.69, 9.17) is 9.47 Å². The minimum atomic E-state index is -0.245. The van der Waals surface area contributed by atoms with Gasteiger partial charge in [-0.1, -0.05) is 6.58 Å². The highest BCUT2D eigenvalue weighted by Crippen LogP contribution is 2.29. The molecule has 1 aromatic rings. The van der Waals surface area contributed by atoms with Crippen LogP contribution in [0, 0.1) is 0 Å². The van der Waals surface area contributed by atoms with Crippen molar-refractivity contribution in [2.45, 2.75) is 6.92 Å². The summed E-state index contributed by atoms with van der Waals surface area (Å²) in [5, 5.41) is 5.65. The molecule has 5 nitrogen and oxygen atoms in total. The van der Waals surface area contributed by atoms with Crippen molar-refractivity contribution in [2.24, 2.45) is 0 Å². The van der Waals surface area contributed by atoms with Gasteiger partial charge in [-0.3, -0.25) is 4.79 Å². The summed E-state index contributed by atoms with van der Waals surface area (Å²) in [6, 6.07) is 5.47. The Bertz CT molecular complexity index is 510. The van der Waals surface area contributed by atoms with Crippen LogP contribution in [0.3, 0.4) is 0 Å². The number of rotatable bonds is 7. The van der Waals surface area contributed by atoms with Crippen molar-refractivity contribution < 1.29 is 14.3 Å². The summed E-state index contributed by atoms with van der Waals surface area (Å²) < 4.78 is 10.5. The number of carbonyl (C=O) groups is 1. The van der Waals surface area contributed by atoms with Gasteiger partial charge in [0.05, 0.1) is 14.2 Å². The highest BCUT2D eigenvalue weighted by atomic mass is 16.5. The molecule has 0 unspecified atom stereocenters. The lowest BCUT2D eigenvalue weighted by Gasteiger charge is -2.13. The molecule has 1 rings (SSSR count). The number of nitrogens with one attached hydrogen (secondary N) is 2. The Morgan fingerprint density at radius 2 is 2.00 bits per heavy atom. The maximum absolute atomic E-state index is 11.6. The predicted octanol–water partition coefficient (Wildman–Crippen LogP) is 1.91. The van der Waals surface area contributed by atoms with E-state index < -0.39 is 0 Å². The van der Waals surface area contributed by atoms with Gasteiger partial charge in [0.15, 0.2) is 11.5 Å². The number of hydrogen-bond acceptors (Lipinski definition) is 4. The second-order valence-corrected chi connectivity index (χ2v) is 3.87. The average Bonchev–Trinajstić information content (AvgIpc) is 2.46. The third-order valence-corrected chi connectivity index (χ3v) is 2.58. The van der Waals surface area contributed by atoms with E-state index in [2.05, 4.69) is 17.2 Å². The van der Waals surface area contributed by atoms with E-state index in [9.17, 15) is 4.79 Å². The third kappa shape index (κ3) is 4.05. The number of carbonyl (C=O) groups excluding carboxylic acids is 1. The molecule has 1 aromatic carbocycles. The molecule has 108 valence electrons. The van der Waals surface area contributed by atoms with Crippen molar-refractivity contribution in [1.29, 1.82) is 0 Å². The fraction of sp³-hybridized carbons (Fsp3) is 0.267. The smallest absolute Gasteiger partial charge is 0.249 e. The molecule has 0 saturated heterocycles. The zero-order valence-corrected chi connectivity index (χ0v) is 12.0. The van der Waals surface area contributed by atoms with Crippen LogP contribution in [-0.2, 0) is 4.79 Å². The van der Waals surface area contributed by atoms with Crippen LogP contribution >= 0.6 is 0 Å². The molecule has 0 bridgehead atoms. The molecule has 0 aliphatic heterocycles. The molecule has 0 spiro atoms. The molecule has 0 aliphatic rings. The molecule has 0 aliphatic carbocycles. The Kier molecular flexibility index (Phi) is 6.16. The van der Waals surface area contributed by atoms with E-state index >= 15 is 0 Å². The third-order valence-electron chi connectivity index (χ3n) is 2.58. The van der Waals surface area contributed by atoms with Crippen LogP contribution in [0.4, 0.5) is 0 Å². The van der Waals surface area contributed by atoms with Crippen molar-refractivity contribution in [1.82, 2.24) is 10.6 Å². The minimum Gasteiger partial charge on any atom is -0.493 e. The second kappa shape index (κ2) is 7.89. The van der Waals surface area contributed by atoms with Gasteiger partial charge in [-0.05, 0) is 31.3 Å². The normalized spacial score (nSPS) is 10.7. The Labute approximate surface area is 119 Å². The van der Waals surface area contributed by atoms with E-state index in [1.165, 1.54) is 12.3 Å². The van der Waals surface area contributed by atoms with Gasteiger partial charge in [-0.15, -0.1) is 0 Å². The van der Waals surface area contributed by atoms with Gasteiger partial charge >= 0.3 is 0 Å². The van der Waals surface area contributed by atoms with Crippen LogP contribution in [0.5, 0.6) is 11.5 Å². The van der Waals surface area contributed by atoms with Gasteiger partial charge in [0.25, 0.3) is 0 Å². The Morgan fingerprint density at radius 3 is 2.55 bits per heavy atom. The second-order valence-electron chi connectivity index (χ2n) is 3.87. The van der Waals surface area contributed by atoms with Crippen LogP contribution in [0.15, 0.2) is 37.1 Å². The Morgan fingerprint density at radius 1 is 1.30 bits per heavy atom. The fourth-order valence-corrected chi connectivity index (χ4v) is 1.70. The highest BCUT2D eigenvalue weighted by molar-refractivity contribution is 5.95. The predicted molar refractivity (Wildman–Crippen MR) is 79.5 cm³/mol. The average molecular weight is 276 g/mol. The summed E-state index contributed by atoms with van der Waals surface area (Å²) in [6.45, 7) is 6.11. The topological polar surface area (TPSA) is 59.6 Å². The fourth-order valence-electron chi connectivity index (χ4n) is 1.70.